The van der Waals surface area contributed by atoms with E-state index in [1.54, 1.807) is 6.07 Å². The Hall–Kier alpha value is -1.48. The van der Waals surface area contributed by atoms with Gasteiger partial charge in [-0.05, 0) is 23.8 Å². The Labute approximate surface area is 93.0 Å². The van der Waals surface area contributed by atoms with Crippen LogP contribution in [0.15, 0.2) is 18.2 Å². The van der Waals surface area contributed by atoms with Gasteiger partial charge in [0.2, 0.25) is 0 Å². The van der Waals surface area contributed by atoms with Crippen molar-refractivity contribution in [3.63, 3.8) is 0 Å². The standard InChI is InChI=1S/C11H13FN2O2/c12-10-2-8(4-13)1-9(3-10)5-14-6-11(16)7-15/h1-3,11,14-16H,5-7H2. The average molecular weight is 224 g/mol. The van der Waals surface area contributed by atoms with Crippen molar-refractivity contribution in [1.82, 2.24) is 5.32 Å². The molecule has 3 N–H and O–H groups in total. The lowest BCUT2D eigenvalue weighted by Gasteiger charge is -2.09. The largest absolute Gasteiger partial charge is 0.394 e. The van der Waals surface area contributed by atoms with E-state index >= 15 is 0 Å². The molecule has 0 aromatic heterocycles. The Morgan fingerprint density at radius 2 is 2.19 bits per heavy atom. The van der Waals surface area contributed by atoms with Crippen LogP contribution in [0.1, 0.15) is 11.1 Å². The van der Waals surface area contributed by atoms with Gasteiger partial charge in [-0.15, -0.1) is 0 Å². The summed E-state index contributed by atoms with van der Waals surface area (Å²) in [6.07, 6.45) is -0.830. The van der Waals surface area contributed by atoms with Crippen LogP contribution in [0, 0.1) is 17.1 Å². The average Bonchev–Trinajstić information content (AvgIpc) is 2.28. The maximum Gasteiger partial charge on any atom is 0.124 e. The lowest BCUT2D eigenvalue weighted by atomic mass is 10.1. The van der Waals surface area contributed by atoms with Gasteiger partial charge in [0.15, 0.2) is 0 Å². The maximum absolute atomic E-state index is 13.0. The second-order valence-corrected chi connectivity index (χ2v) is 3.43. The first-order valence-corrected chi connectivity index (χ1v) is 4.85. The molecule has 0 saturated heterocycles. The van der Waals surface area contributed by atoms with E-state index in [4.69, 9.17) is 15.5 Å². The first-order valence-electron chi connectivity index (χ1n) is 4.85. The van der Waals surface area contributed by atoms with E-state index < -0.39 is 11.9 Å². The lowest BCUT2D eigenvalue weighted by molar-refractivity contribution is 0.0942. The Balaban J connectivity index is 2.54. The number of aliphatic hydroxyl groups is 2. The molecule has 0 fully saturated rings. The van der Waals surface area contributed by atoms with Crippen molar-refractivity contribution in [1.29, 1.82) is 5.26 Å². The van der Waals surface area contributed by atoms with Crippen molar-refractivity contribution < 1.29 is 14.6 Å². The molecule has 1 aromatic rings. The third kappa shape index (κ3) is 3.95. The number of nitrogens with zero attached hydrogens (tertiary/aromatic N) is 1. The van der Waals surface area contributed by atoms with Crippen molar-refractivity contribution in [3.05, 3.63) is 35.1 Å². The summed E-state index contributed by atoms with van der Waals surface area (Å²) in [5.74, 6) is -0.460. The topological polar surface area (TPSA) is 76.3 Å². The molecule has 4 nitrogen and oxygen atoms in total. The molecule has 0 radical (unpaired) electrons. The zero-order valence-electron chi connectivity index (χ0n) is 8.65. The smallest absolute Gasteiger partial charge is 0.124 e. The number of hydrogen-bond donors (Lipinski definition) is 3. The number of hydrogen-bond acceptors (Lipinski definition) is 4. The van der Waals surface area contributed by atoms with E-state index in [0.29, 0.717) is 12.1 Å². The molecule has 0 spiro atoms. The summed E-state index contributed by atoms with van der Waals surface area (Å²) in [6, 6.07) is 5.91. The highest BCUT2D eigenvalue weighted by Gasteiger charge is 2.03. The Kier molecular flexibility index (Phi) is 4.86. The van der Waals surface area contributed by atoms with Gasteiger partial charge < -0.3 is 15.5 Å². The highest BCUT2D eigenvalue weighted by Crippen LogP contribution is 2.08. The molecule has 1 unspecified atom stereocenters. The number of halogens is 1. The van der Waals surface area contributed by atoms with Crippen LogP contribution in [-0.2, 0) is 6.54 Å². The predicted molar refractivity (Wildman–Crippen MR) is 55.9 cm³/mol. The highest BCUT2D eigenvalue weighted by atomic mass is 19.1. The van der Waals surface area contributed by atoms with Crippen molar-refractivity contribution in [2.24, 2.45) is 0 Å². The number of nitriles is 1. The number of rotatable bonds is 5. The summed E-state index contributed by atoms with van der Waals surface area (Å²) >= 11 is 0. The molecule has 86 valence electrons. The van der Waals surface area contributed by atoms with Crippen LogP contribution in [-0.4, -0.2) is 29.5 Å². The van der Waals surface area contributed by atoms with Crippen LogP contribution in [0.3, 0.4) is 0 Å². The molecule has 0 saturated carbocycles. The maximum atomic E-state index is 13.0. The van der Waals surface area contributed by atoms with Gasteiger partial charge in [-0.2, -0.15) is 5.26 Å². The number of benzene rings is 1. The van der Waals surface area contributed by atoms with Crippen LogP contribution in [0.25, 0.3) is 0 Å². The van der Waals surface area contributed by atoms with Crippen molar-refractivity contribution in [2.45, 2.75) is 12.6 Å². The van der Waals surface area contributed by atoms with E-state index in [-0.39, 0.29) is 18.7 Å². The van der Waals surface area contributed by atoms with E-state index in [9.17, 15) is 4.39 Å². The zero-order valence-corrected chi connectivity index (χ0v) is 8.65. The predicted octanol–water partition coefficient (Wildman–Crippen LogP) is 0.140. The molecule has 1 atom stereocenters. The molecule has 16 heavy (non-hydrogen) atoms. The van der Waals surface area contributed by atoms with Crippen LogP contribution >= 0.6 is 0 Å². The second kappa shape index (κ2) is 6.18. The van der Waals surface area contributed by atoms with E-state index in [0.717, 1.165) is 6.07 Å². The molecule has 0 aliphatic rings. The van der Waals surface area contributed by atoms with Gasteiger partial charge in [0.05, 0.1) is 24.3 Å². The molecule has 0 heterocycles. The second-order valence-electron chi connectivity index (χ2n) is 3.43. The summed E-state index contributed by atoms with van der Waals surface area (Å²) in [6.45, 7) is 0.234. The summed E-state index contributed by atoms with van der Waals surface area (Å²) in [4.78, 5) is 0. The van der Waals surface area contributed by atoms with Crippen molar-refractivity contribution in [2.75, 3.05) is 13.2 Å². The monoisotopic (exact) mass is 224 g/mol. The van der Waals surface area contributed by atoms with Gasteiger partial charge in [0, 0.05) is 13.1 Å². The Morgan fingerprint density at radius 3 is 2.81 bits per heavy atom. The van der Waals surface area contributed by atoms with Crippen LogP contribution in [0.2, 0.25) is 0 Å². The highest BCUT2D eigenvalue weighted by molar-refractivity contribution is 5.33. The molecule has 5 heteroatoms. The fourth-order valence-electron chi connectivity index (χ4n) is 1.26. The molecular weight excluding hydrogens is 211 g/mol. The van der Waals surface area contributed by atoms with Gasteiger partial charge in [-0.25, -0.2) is 4.39 Å². The molecule has 0 amide bonds. The molecule has 0 aliphatic carbocycles. The summed E-state index contributed by atoms with van der Waals surface area (Å²) in [7, 11) is 0. The third-order valence-electron chi connectivity index (χ3n) is 2.01. The first kappa shape index (κ1) is 12.6. The fourth-order valence-corrected chi connectivity index (χ4v) is 1.26. The number of aliphatic hydroxyl groups excluding tert-OH is 2. The SMILES string of the molecule is N#Cc1cc(F)cc(CNCC(O)CO)c1. The van der Waals surface area contributed by atoms with Gasteiger partial charge in [0.25, 0.3) is 0 Å². The normalized spacial score (nSPS) is 12.1. The summed E-state index contributed by atoms with van der Waals surface area (Å²) in [5, 5.41) is 29.1. The Bertz CT molecular complexity index is 390. The van der Waals surface area contributed by atoms with Crippen LogP contribution < -0.4 is 5.32 Å². The van der Waals surface area contributed by atoms with Gasteiger partial charge in [-0.1, -0.05) is 0 Å². The first-order chi connectivity index (χ1) is 7.65. The fraction of sp³-hybridized carbons (Fsp3) is 0.364. The molecule has 1 aromatic carbocycles. The van der Waals surface area contributed by atoms with E-state index in [1.165, 1.54) is 6.07 Å². The summed E-state index contributed by atoms with van der Waals surface area (Å²) in [5.41, 5.74) is 0.890. The van der Waals surface area contributed by atoms with Gasteiger partial charge >= 0.3 is 0 Å². The minimum absolute atomic E-state index is 0.217. The van der Waals surface area contributed by atoms with Gasteiger partial charge in [-0.3, -0.25) is 0 Å². The molecular formula is C11H13FN2O2. The molecule has 0 bridgehead atoms. The minimum atomic E-state index is -0.830. The van der Waals surface area contributed by atoms with E-state index in [1.807, 2.05) is 6.07 Å². The van der Waals surface area contributed by atoms with Gasteiger partial charge in [0.1, 0.15) is 5.82 Å². The molecule has 1 rings (SSSR count). The van der Waals surface area contributed by atoms with Crippen molar-refractivity contribution >= 4 is 0 Å². The third-order valence-corrected chi connectivity index (χ3v) is 2.01. The zero-order chi connectivity index (χ0) is 12.0. The summed E-state index contributed by atoms with van der Waals surface area (Å²) < 4.78 is 13.0. The van der Waals surface area contributed by atoms with E-state index in [2.05, 4.69) is 5.32 Å². The minimum Gasteiger partial charge on any atom is -0.394 e. The lowest BCUT2D eigenvalue weighted by Crippen LogP contribution is -2.28. The molecule has 0 aliphatic heterocycles. The van der Waals surface area contributed by atoms with Crippen LogP contribution in [0.5, 0.6) is 0 Å². The Morgan fingerprint density at radius 1 is 1.44 bits per heavy atom. The number of nitrogens with one attached hydrogen (secondary N) is 1. The van der Waals surface area contributed by atoms with Crippen molar-refractivity contribution in [3.8, 4) is 6.07 Å². The van der Waals surface area contributed by atoms with Crippen LogP contribution in [0.4, 0.5) is 4.39 Å². The quantitative estimate of drug-likeness (QED) is 0.665.